The Balaban J connectivity index is 1.94. The number of nitrogens with one attached hydrogen (secondary N) is 1. The van der Waals surface area contributed by atoms with E-state index in [4.69, 9.17) is 0 Å². The van der Waals surface area contributed by atoms with Crippen molar-refractivity contribution in [1.82, 2.24) is 5.32 Å². The quantitative estimate of drug-likeness (QED) is 0.828. The van der Waals surface area contributed by atoms with E-state index in [0.717, 1.165) is 6.42 Å². The number of aryl methyl sites for hydroxylation is 1. The molecule has 2 rings (SSSR count). The molecule has 2 heteroatoms. The summed E-state index contributed by atoms with van der Waals surface area (Å²) in [6.07, 6.45) is 1.05. The smallest absolute Gasteiger partial charge is 0.223 e. The molecule has 1 fully saturated rings. The van der Waals surface area contributed by atoms with E-state index in [1.807, 2.05) is 6.92 Å². The van der Waals surface area contributed by atoms with Crippen LogP contribution in [0.2, 0.25) is 0 Å². The highest BCUT2D eigenvalue weighted by Gasteiger charge is 2.39. The normalized spacial score (nSPS) is 24.9. The number of carbonyl (C=O) groups excluding carboxylic acids is 1. The fourth-order valence-corrected chi connectivity index (χ4v) is 1.95. The molecule has 1 aliphatic rings. The van der Waals surface area contributed by atoms with Gasteiger partial charge in [-0.15, -0.1) is 0 Å². The molecule has 0 aliphatic heterocycles. The van der Waals surface area contributed by atoms with E-state index in [0.29, 0.717) is 5.92 Å². The molecular formula is C14H19NO. The Hall–Kier alpha value is -1.31. The first kappa shape index (κ1) is 11.2. The lowest BCUT2D eigenvalue weighted by Crippen LogP contribution is -2.28. The zero-order valence-electron chi connectivity index (χ0n) is 10.2. The maximum Gasteiger partial charge on any atom is 0.223 e. The third-order valence-corrected chi connectivity index (χ3v) is 3.38. The van der Waals surface area contributed by atoms with Gasteiger partial charge in [0.1, 0.15) is 0 Å². The van der Waals surface area contributed by atoms with Crippen LogP contribution in [0.5, 0.6) is 0 Å². The van der Waals surface area contributed by atoms with Crippen molar-refractivity contribution in [1.29, 1.82) is 0 Å². The summed E-state index contributed by atoms with van der Waals surface area (Å²) in [6, 6.07) is 8.43. The van der Waals surface area contributed by atoms with Gasteiger partial charge in [0, 0.05) is 5.92 Å². The summed E-state index contributed by atoms with van der Waals surface area (Å²) in [6.45, 7) is 6.23. The monoisotopic (exact) mass is 217 g/mol. The van der Waals surface area contributed by atoms with Gasteiger partial charge in [-0.2, -0.15) is 0 Å². The third-order valence-electron chi connectivity index (χ3n) is 3.38. The second kappa shape index (κ2) is 4.28. The fraction of sp³-hybridized carbons (Fsp3) is 0.500. The largest absolute Gasteiger partial charge is 0.349 e. The molecule has 16 heavy (non-hydrogen) atoms. The minimum Gasteiger partial charge on any atom is -0.349 e. The Labute approximate surface area is 97.1 Å². The summed E-state index contributed by atoms with van der Waals surface area (Å²) in [4.78, 5) is 11.8. The lowest BCUT2D eigenvalue weighted by molar-refractivity contribution is -0.123. The van der Waals surface area contributed by atoms with E-state index in [1.54, 1.807) is 0 Å². The lowest BCUT2D eigenvalue weighted by Gasteiger charge is -2.14. The van der Waals surface area contributed by atoms with Gasteiger partial charge in [0.25, 0.3) is 0 Å². The Kier molecular flexibility index (Phi) is 2.99. The standard InChI is InChI=1S/C14H19NO/c1-9-4-6-12(7-5-9)11(3)15-14(16)13-8-10(13)2/h4-7,10-11,13H,8H2,1-3H3,(H,15,16)/t10-,11-,13-/m0/s1. The molecule has 3 atom stereocenters. The molecule has 0 aromatic heterocycles. The molecule has 1 amide bonds. The number of hydrogen-bond donors (Lipinski definition) is 1. The summed E-state index contributed by atoms with van der Waals surface area (Å²) >= 11 is 0. The van der Waals surface area contributed by atoms with Gasteiger partial charge < -0.3 is 5.32 Å². The van der Waals surface area contributed by atoms with E-state index in [-0.39, 0.29) is 17.9 Å². The van der Waals surface area contributed by atoms with Gasteiger partial charge in [-0.05, 0) is 31.7 Å². The lowest BCUT2D eigenvalue weighted by atomic mass is 10.1. The molecule has 0 spiro atoms. The molecule has 86 valence electrons. The average Bonchev–Trinajstić information content (AvgIpc) is 2.96. The fourth-order valence-electron chi connectivity index (χ4n) is 1.95. The minimum absolute atomic E-state index is 0.112. The van der Waals surface area contributed by atoms with Crippen LogP contribution in [0.15, 0.2) is 24.3 Å². The average molecular weight is 217 g/mol. The van der Waals surface area contributed by atoms with Crippen LogP contribution in [-0.2, 0) is 4.79 Å². The molecule has 1 saturated carbocycles. The third kappa shape index (κ3) is 2.43. The number of amides is 1. The zero-order chi connectivity index (χ0) is 11.7. The van der Waals surface area contributed by atoms with E-state index in [2.05, 4.69) is 43.4 Å². The van der Waals surface area contributed by atoms with Crippen LogP contribution in [0, 0.1) is 18.8 Å². The van der Waals surface area contributed by atoms with Crippen LogP contribution < -0.4 is 5.32 Å². The van der Waals surface area contributed by atoms with E-state index < -0.39 is 0 Å². The van der Waals surface area contributed by atoms with Crippen molar-refractivity contribution in [3.8, 4) is 0 Å². The first-order valence-electron chi connectivity index (χ1n) is 5.95. The van der Waals surface area contributed by atoms with E-state index in [9.17, 15) is 4.79 Å². The Morgan fingerprint density at radius 1 is 1.38 bits per heavy atom. The van der Waals surface area contributed by atoms with Crippen molar-refractivity contribution in [3.63, 3.8) is 0 Å². The van der Waals surface area contributed by atoms with Gasteiger partial charge in [0.15, 0.2) is 0 Å². The first-order chi connectivity index (χ1) is 7.58. The highest BCUT2D eigenvalue weighted by atomic mass is 16.2. The number of benzene rings is 1. The number of carbonyl (C=O) groups is 1. The molecule has 0 saturated heterocycles. The Morgan fingerprint density at radius 2 is 1.94 bits per heavy atom. The van der Waals surface area contributed by atoms with Gasteiger partial charge in [0.2, 0.25) is 5.91 Å². The first-order valence-corrected chi connectivity index (χ1v) is 5.95. The van der Waals surface area contributed by atoms with E-state index in [1.165, 1.54) is 11.1 Å². The number of hydrogen-bond acceptors (Lipinski definition) is 1. The molecule has 0 unspecified atom stereocenters. The second-order valence-electron chi connectivity index (χ2n) is 4.96. The highest BCUT2D eigenvalue weighted by Crippen LogP contribution is 2.38. The van der Waals surface area contributed by atoms with Crippen LogP contribution in [-0.4, -0.2) is 5.91 Å². The molecule has 1 aliphatic carbocycles. The van der Waals surface area contributed by atoms with Gasteiger partial charge in [-0.1, -0.05) is 36.8 Å². The summed E-state index contributed by atoms with van der Waals surface area (Å²) in [5, 5.41) is 3.07. The minimum atomic E-state index is 0.112. The number of rotatable bonds is 3. The van der Waals surface area contributed by atoms with Crippen molar-refractivity contribution in [2.75, 3.05) is 0 Å². The summed E-state index contributed by atoms with van der Waals surface area (Å²) in [5.41, 5.74) is 2.42. The highest BCUT2D eigenvalue weighted by molar-refractivity contribution is 5.81. The Bertz CT molecular complexity index is 382. The second-order valence-corrected chi connectivity index (χ2v) is 4.96. The van der Waals surface area contributed by atoms with Gasteiger partial charge in [0.05, 0.1) is 6.04 Å². The van der Waals surface area contributed by atoms with Crippen LogP contribution in [0.25, 0.3) is 0 Å². The van der Waals surface area contributed by atoms with Crippen LogP contribution in [0.1, 0.15) is 37.4 Å². The summed E-state index contributed by atoms with van der Waals surface area (Å²) in [7, 11) is 0. The van der Waals surface area contributed by atoms with Gasteiger partial charge >= 0.3 is 0 Å². The van der Waals surface area contributed by atoms with Crippen LogP contribution in [0.4, 0.5) is 0 Å². The summed E-state index contributed by atoms with van der Waals surface area (Å²) in [5.74, 6) is 1.04. The Morgan fingerprint density at radius 3 is 2.44 bits per heavy atom. The SMILES string of the molecule is Cc1ccc([C@H](C)NC(=O)[C@H]2C[C@@H]2C)cc1. The summed E-state index contributed by atoms with van der Waals surface area (Å²) < 4.78 is 0. The van der Waals surface area contributed by atoms with Crippen molar-refractivity contribution >= 4 is 5.91 Å². The molecule has 0 radical (unpaired) electrons. The molecule has 2 nitrogen and oxygen atoms in total. The van der Waals surface area contributed by atoms with Gasteiger partial charge in [-0.25, -0.2) is 0 Å². The van der Waals surface area contributed by atoms with Crippen molar-refractivity contribution in [3.05, 3.63) is 35.4 Å². The van der Waals surface area contributed by atoms with Crippen molar-refractivity contribution in [2.24, 2.45) is 11.8 Å². The molecule has 0 bridgehead atoms. The topological polar surface area (TPSA) is 29.1 Å². The molecular weight excluding hydrogens is 198 g/mol. The molecule has 1 aromatic carbocycles. The van der Waals surface area contributed by atoms with Gasteiger partial charge in [-0.3, -0.25) is 4.79 Å². The molecule has 1 aromatic rings. The molecule has 0 heterocycles. The van der Waals surface area contributed by atoms with E-state index >= 15 is 0 Å². The van der Waals surface area contributed by atoms with Crippen molar-refractivity contribution in [2.45, 2.75) is 33.2 Å². The van der Waals surface area contributed by atoms with Crippen molar-refractivity contribution < 1.29 is 4.79 Å². The maximum absolute atomic E-state index is 11.8. The van der Waals surface area contributed by atoms with Crippen LogP contribution >= 0.6 is 0 Å². The predicted molar refractivity (Wildman–Crippen MR) is 65.0 cm³/mol. The maximum atomic E-state index is 11.8. The molecule has 1 N–H and O–H groups in total. The zero-order valence-corrected chi connectivity index (χ0v) is 10.2. The van der Waals surface area contributed by atoms with Crippen LogP contribution in [0.3, 0.4) is 0 Å². The predicted octanol–water partition coefficient (Wildman–Crippen LogP) is 2.83.